The molecule has 70 valence electrons. The van der Waals surface area contributed by atoms with Gasteiger partial charge in [-0.15, -0.1) is 6.58 Å². The molecule has 0 spiro atoms. The van der Waals surface area contributed by atoms with Gasteiger partial charge in [-0.25, -0.2) is 4.79 Å². The molecule has 0 aromatic heterocycles. The number of rotatable bonds is 7. The Kier molecular flexibility index (Phi) is 7.70. The number of carbonyl (C=O) groups is 1. The van der Waals surface area contributed by atoms with E-state index in [9.17, 15) is 4.79 Å². The predicted octanol–water partition coefficient (Wildman–Crippen LogP) is 1.53. The van der Waals surface area contributed by atoms with Gasteiger partial charge in [-0.2, -0.15) is 0 Å². The van der Waals surface area contributed by atoms with Crippen molar-refractivity contribution in [2.45, 2.75) is 19.8 Å². The average Bonchev–Trinajstić information content (AvgIpc) is 2.05. The second-order valence-corrected chi connectivity index (χ2v) is 2.29. The Balaban J connectivity index is 3.08. The van der Waals surface area contributed by atoms with E-state index < -0.39 is 0 Å². The van der Waals surface area contributed by atoms with E-state index in [2.05, 4.69) is 11.3 Å². The maximum absolute atomic E-state index is 10.7. The fourth-order valence-corrected chi connectivity index (χ4v) is 0.688. The summed E-state index contributed by atoms with van der Waals surface area (Å²) in [5, 5.41) is 0. The molecular formula is C9H16O3. The lowest BCUT2D eigenvalue weighted by Crippen LogP contribution is -2.12. The van der Waals surface area contributed by atoms with Crippen molar-refractivity contribution in [1.82, 2.24) is 0 Å². The van der Waals surface area contributed by atoms with Crippen LogP contribution in [0.15, 0.2) is 12.7 Å². The highest BCUT2D eigenvalue weighted by atomic mass is 16.6. The van der Waals surface area contributed by atoms with Crippen LogP contribution in [-0.4, -0.2) is 25.8 Å². The van der Waals surface area contributed by atoms with E-state index in [4.69, 9.17) is 4.74 Å². The molecule has 12 heavy (non-hydrogen) atoms. The van der Waals surface area contributed by atoms with Gasteiger partial charge in [0.05, 0.1) is 6.61 Å². The van der Waals surface area contributed by atoms with Crippen LogP contribution in [-0.2, 0) is 14.3 Å². The monoisotopic (exact) mass is 172 g/mol. The molecule has 0 aliphatic carbocycles. The molecule has 0 N–H and O–H groups in total. The van der Waals surface area contributed by atoms with Crippen LogP contribution in [0.2, 0.25) is 0 Å². The minimum Gasteiger partial charge on any atom is -0.464 e. The van der Waals surface area contributed by atoms with Crippen LogP contribution < -0.4 is 0 Å². The largest absolute Gasteiger partial charge is 0.464 e. The first-order valence-electron chi connectivity index (χ1n) is 4.15. The molecule has 0 aromatic rings. The molecule has 0 fully saturated rings. The normalized spacial score (nSPS) is 9.42. The molecule has 0 atom stereocenters. The highest BCUT2D eigenvalue weighted by molar-refractivity contribution is 5.70. The topological polar surface area (TPSA) is 35.5 Å². The van der Waals surface area contributed by atoms with Crippen LogP contribution in [0.25, 0.3) is 0 Å². The SMILES string of the molecule is C=CCCCOCC(=O)OCC. The zero-order chi connectivity index (χ0) is 9.23. The molecule has 0 heterocycles. The van der Waals surface area contributed by atoms with Gasteiger partial charge in [-0.3, -0.25) is 0 Å². The van der Waals surface area contributed by atoms with Gasteiger partial charge in [-0.1, -0.05) is 6.08 Å². The maximum Gasteiger partial charge on any atom is 0.332 e. The summed E-state index contributed by atoms with van der Waals surface area (Å²) in [6.07, 6.45) is 3.65. The van der Waals surface area contributed by atoms with E-state index in [0.29, 0.717) is 13.2 Å². The number of esters is 1. The number of unbranched alkanes of at least 4 members (excludes halogenated alkanes) is 1. The first-order chi connectivity index (χ1) is 5.81. The average molecular weight is 172 g/mol. The van der Waals surface area contributed by atoms with Crippen LogP contribution in [0.3, 0.4) is 0 Å². The number of carbonyl (C=O) groups excluding carboxylic acids is 1. The van der Waals surface area contributed by atoms with Crippen LogP contribution in [0, 0.1) is 0 Å². The third-order valence-electron chi connectivity index (χ3n) is 1.22. The lowest BCUT2D eigenvalue weighted by molar-refractivity contribution is -0.148. The van der Waals surface area contributed by atoms with Crippen LogP contribution in [0.1, 0.15) is 19.8 Å². The van der Waals surface area contributed by atoms with E-state index in [1.54, 1.807) is 6.92 Å². The molecule has 0 unspecified atom stereocenters. The smallest absolute Gasteiger partial charge is 0.332 e. The zero-order valence-corrected chi connectivity index (χ0v) is 7.54. The number of hydrogen-bond donors (Lipinski definition) is 0. The van der Waals surface area contributed by atoms with Gasteiger partial charge in [0.15, 0.2) is 0 Å². The summed E-state index contributed by atoms with van der Waals surface area (Å²) in [5.41, 5.74) is 0. The maximum atomic E-state index is 10.7. The molecule has 0 aromatic carbocycles. The van der Waals surface area contributed by atoms with Gasteiger partial charge >= 0.3 is 5.97 Å². The summed E-state index contributed by atoms with van der Waals surface area (Å²) in [7, 11) is 0. The molecule has 0 amide bonds. The molecule has 0 rings (SSSR count). The highest BCUT2D eigenvalue weighted by Gasteiger charge is 1.99. The fraction of sp³-hybridized carbons (Fsp3) is 0.667. The number of ether oxygens (including phenoxy) is 2. The zero-order valence-electron chi connectivity index (χ0n) is 7.54. The summed E-state index contributed by atoms with van der Waals surface area (Å²) >= 11 is 0. The molecular weight excluding hydrogens is 156 g/mol. The van der Waals surface area contributed by atoms with Gasteiger partial charge < -0.3 is 9.47 Å². The standard InChI is InChI=1S/C9H16O3/c1-3-5-6-7-11-8-9(10)12-4-2/h3H,1,4-8H2,2H3. The minimum atomic E-state index is -0.295. The lowest BCUT2D eigenvalue weighted by Gasteiger charge is -2.02. The van der Waals surface area contributed by atoms with Gasteiger partial charge in [0.1, 0.15) is 6.61 Å². The second kappa shape index (κ2) is 8.27. The fourth-order valence-electron chi connectivity index (χ4n) is 0.688. The van der Waals surface area contributed by atoms with Crippen LogP contribution in [0.4, 0.5) is 0 Å². The van der Waals surface area contributed by atoms with Crippen molar-refractivity contribution < 1.29 is 14.3 Å². The lowest BCUT2D eigenvalue weighted by atomic mass is 10.3. The van der Waals surface area contributed by atoms with Crippen molar-refractivity contribution >= 4 is 5.97 Å². The number of allylic oxidation sites excluding steroid dienone is 1. The summed E-state index contributed by atoms with van der Waals surface area (Å²) in [4.78, 5) is 10.7. The van der Waals surface area contributed by atoms with Crippen molar-refractivity contribution in [2.24, 2.45) is 0 Å². The van der Waals surface area contributed by atoms with Crippen molar-refractivity contribution in [3.63, 3.8) is 0 Å². The Hall–Kier alpha value is -0.830. The minimum absolute atomic E-state index is 0.0605. The second-order valence-electron chi connectivity index (χ2n) is 2.29. The first-order valence-corrected chi connectivity index (χ1v) is 4.15. The Morgan fingerprint density at radius 1 is 1.58 bits per heavy atom. The van der Waals surface area contributed by atoms with E-state index in [1.807, 2.05) is 6.08 Å². The Labute approximate surface area is 73.4 Å². The quantitative estimate of drug-likeness (QED) is 0.332. The molecule has 0 saturated carbocycles. The summed E-state index contributed by atoms with van der Waals surface area (Å²) < 4.78 is 9.69. The molecule has 3 nitrogen and oxygen atoms in total. The van der Waals surface area contributed by atoms with E-state index >= 15 is 0 Å². The molecule has 0 bridgehead atoms. The van der Waals surface area contributed by atoms with Gasteiger partial charge in [0.2, 0.25) is 0 Å². The van der Waals surface area contributed by atoms with Gasteiger partial charge in [0, 0.05) is 6.61 Å². The first kappa shape index (κ1) is 11.2. The molecule has 0 aliphatic heterocycles. The van der Waals surface area contributed by atoms with Crippen molar-refractivity contribution in [1.29, 1.82) is 0 Å². The Morgan fingerprint density at radius 2 is 2.33 bits per heavy atom. The summed E-state index contributed by atoms with van der Waals surface area (Å²) in [6, 6.07) is 0. The van der Waals surface area contributed by atoms with E-state index in [0.717, 1.165) is 12.8 Å². The van der Waals surface area contributed by atoms with Gasteiger partial charge in [-0.05, 0) is 19.8 Å². The van der Waals surface area contributed by atoms with Crippen molar-refractivity contribution in [3.05, 3.63) is 12.7 Å². The molecule has 0 radical (unpaired) electrons. The van der Waals surface area contributed by atoms with Crippen molar-refractivity contribution in [2.75, 3.05) is 19.8 Å². The number of hydrogen-bond acceptors (Lipinski definition) is 3. The van der Waals surface area contributed by atoms with Crippen LogP contribution in [0.5, 0.6) is 0 Å². The molecule has 0 aliphatic rings. The van der Waals surface area contributed by atoms with Gasteiger partial charge in [0.25, 0.3) is 0 Å². The highest BCUT2D eigenvalue weighted by Crippen LogP contribution is 1.90. The van der Waals surface area contributed by atoms with Crippen LogP contribution >= 0.6 is 0 Å². The predicted molar refractivity (Wildman–Crippen MR) is 46.9 cm³/mol. The Morgan fingerprint density at radius 3 is 2.92 bits per heavy atom. The summed E-state index contributed by atoms with van der Waals surface area (Å²) in [5.74, 6) is -0.295. The van der Waals surface area contributed by atoms with E-state index in [1.165, 1.54) is 0 Å². The molecule has 0 saturated heterocycles. The Bertz CT molecular complexity index is 132. The third kappa shape index (κ3) is 7.28. The van der Waals surface area contributed by atoms with Crippen molar-refractivity contribution in [3.8, 4) is 0 Å². The third-order valence-corrected chi connectivity index (χ3v) is 1.22. The summed E-state index contributed by atoms with van der Waals surface area (Å²) in [6.45, 7) is 6.41. The molecule has 3 heteroatoms. The van der Waals surface area contributed by atoms with E-state index in [-0.39, 0.29) is 12.6 Å².